The van der Waals surface area contributed by atoms with Crippen LogP contribution in [-0.2, 0) is 5.75 Å². The molecule has 0 heterocycles. The summed E-state index contributed by atoms with van der Waals surface area (Å²) in [5.74, 6) is 0.482. The van der Waals surface area contributed by atoms with Crippen molar-refractivity contribution >= 4 is 40.9 Å². The van der Waals surface area contributed by atoms with Crippen molar-refractivity contribution in [1.29, 1.82) is 0 Å². The van der Waals surface area contributed by atoms with E-state index in [1.807, 2.05) is 24.3 Å². The van der Waals surface area contributed by atoms with E-state index in [2.05, 4.69) is 5.32 Å². The molecule has 0 spiro atoms. The highest BCUT2D eigenvalue weighted by molar-refractivity contribution is 7.98. The van der Waals surface area contributed by atoms with Crippen molar-refractivity contribution in [2.45, 2.75) is 23.7 Å². The molecule has 1 atom stereocenters. The van der Waals surface area contributed by atoms with Crippen LogP contribution in [0.3, 0.4) is 0 Å². The van der Waals surface area contributed by atoms with Gasteiger partial charge in [0.25, 0.3) is 5.91 Å². The number of benzene rings is 2. The summed E-state index contributed by atoms with van der Waals surface area (Å²) in [6.07, 6.45) is -0.567. The third-order valence-corrected chi connectivity index (χ3v) is 4.84. The van der Waals surface area contributed by atoms with Gasteiger partial charge < -0.3 is 10.4 Å². The van der Waals surface area contributed by atoms with Gasteiger partial charge in [0.1, 0.15) is 0 Å². The first-order chi connectivity index (χ1) is 11.0. The minimum absolute atomic E-state index is 0.196. The molecule has 0 fully saturated rings. The molecule has 2 rings (SSSR count). The summed E-state index contributed by atoms with van der Waals surface area (Å²) in [5.41, 5.74) is 1.58. The van der Waals surface area contributed by atoms with E-state index >= 15 is 0 Å². The molecule has 0 saturated heterocycles. The fourth-order valence-electron chi connectivity index (χ4n) is 1.89. The highest BCUT2D eigenvalue weighted by atomic mass is 35.5. The average Bonchev–Trinajstić information content (AvgIpc) is 2.53. The van der Waals surface area contributed by atoms with Crippen LogP contribution in [0.1, 0.15) is 22.8 Å². The Morgan fingerprint density at radius 1 is 1.26 bits per heavy atom. The van der Waals surface area contributed by atoms with Gasteiger partial charge in [0.05, 0.1) is 11.1 Å². The van der Waals surface area contributed by atoms with Gasteiger partial charge in [-0.3, -0.25) is 4.79 Å². The van der Waals surface area contributed by atoms with Gasteiger partial charge in [0.15, 0.2) is 0 Å². The van der Waals surface area contributed by atoms with Crippen molar-refractivity contribution < 1.29 is 9.90 Å². The molecule has 1 unspecified atom stereocenters. The van der Waals surface area contributed by atoms with Crippen LogP contribution in [0, 0.1) is 0 Å². The topological polar surface area (TPSA) is 49.3 Å². The van der Waals surface area contributed by atoms with Gasteiger partial charge in [-0.25, -0.2) is 0 Å². The fourth-order valence-corrected chi connectivity index (χ4v) is 3.33. The van der Waals surface area contributed by atoms with Crippen LogP contribution < -0.4 is 5.32 Å². The van der Waals surface area contributed by atoms with E-state index < -0.39 is 6.10 Å². The molecule has 0 saturated carbocycles. The van der Waals surface area contributed by atoms with Crippen molar-refractivity contribution in [3.8, 4) is 0 Å². The Morgan fingerprint density at radius 2 is 2.04 bits per heavy atom. The number of rotatable bonds is 6. The SMILES string of the molecule is CC(O)CNC(=O)c1cccc(CSc2cc(Cl)ccc2Cl)c1. The number of aliphatic hydroxyl groups is 1. The molecule has 23 heavy (non-hydrogen) atoms. The average molecular weight is 370 g/mol. The number of carbonyl (C=O) groups excluding carboxylic acids is 1. The predicted octanol–water partition coefficient (Wildman–Crippen LogP) is 4.40. The molecular weight excluding hydrogens is 353 g/mol. The van der Waals surface area contributed by atoms with Crippen LogP contribution in [0.25, 0.3) is 0 Å². The number of thioether (sulfide) groups is 1. The van der Waals surface area contributed by atoms with Crippen LogP contribution in [0.4, 0.5) is 0 Å². The van der Waals surface area contributed by atoms with Crippen LogP contribution in [0.5, 0.6) is 0 Å². The maximum absolute atomic E-state index is 12.0. The lowest BCUT2D eigenvalue weighted by Gasteiger charge is -2.09. The van der Waals surface area contributed by atoms with Crippen LogP contribution in [0.15, 0.2) is 47.4 Å². The zero-order valence-corrected chi connectivity index (χ0v) is 14.9. The number of amides is 1. The lowest BCUT2D eigenvalue weighted by atomic mass is 10.1. The van der Waals surface area contributed by atoms with Gasteiger partial charge in [0.2, 0.25) is 0 Å². The Bertz CT molecular complexity index is 692. The van der Waals surface area contributed by atoms with Crippen molar-refractivity contribution in [1.82, 2.24) is 5.32 Å². The van der Waals surface area contributed by atoms with Gasteiger partial charge in [-0.1, -0.05) is 35.3 Å². The lowest BCUT2D eigenvalue weighted by Crippen LogP contribution is -2.30. The highest BCUT2D eigenvalue weighted by Gasteiger charge is 2.08. The second kappa shape index (κ2) is 8.60. The number of aliphatic hydroxyl groups excluding tert-OH is 1. The monoisotopic (exact) mass is 369 g/mol. The molecule has 2 aromatic rings. The Kier molecular flexibility index (Phi) is 6.78. The normalized spacial score (nSPS) is 12.0. The molecule has 2 aromatic carbocycles. The Balaban J connectivity index is 2.02. The summed E-state index contributed by atoms with van der Waals surface area (Å²) in [7, 11) is 0. The zero-order valence-electron chi connectivity index (χ0n) is 12.6. The second-order valence-corrected chi connectivity index (χ2v) is 6.98. The summed E-state index contributed by atoms with van der Waals surface area (Å²) in [6, 6.07) is 12.7. The minimum atomic E-state index is -0.567. The Hall–Kier alpha value is -1.20. The van der Waals surface area contributed by atoms with Gasteiger partial charge in [-0.15, -0.1) is 11.8 Å². The number of carbonyl (C=O) groups is 1. The molecule has 0 bridgehead atoms. The summed E-state index contributed by atoms with van der Waals surface area (Å²) < 4.78 is 0. The van der Waals surface area contributed by atoms with Crippen LogP contribution >= 0.6 is 35.0 Å². The van der Waals surface area contributed by atoms with Crippen molar-refractivity contribution in [3.63, 3.8) is 0 Å². The summed E-state index contributed by atoms with van der Waals surface area (Å²) in [4.78, 5) is 12.9. The first-order valence-electron chi connectivity index (χ1n) is 7.09. The summed E-state index contributed by atoms with van der Waals surface area (Å²) >= 11 is 13.7. The Labute approximate surface area is 150 Å². The largest absolute Gasteiger partial charge is 0.392 e. The number of halogens is 2. The number of hydrogen-bond donors (Lipinski definition) is 2. The first-order valence-corrected chi connectivity index (χ1v) is 8.83. The van der Waals surface area contributed by atoms with Crippen LogP contribution in [0.2, 0.25) is 10.0 Å². The van der Waals surface area contributed by atoms with E-state index in [1.165, 1.54) is 0 Å². The minimum Gasteiger partial charge on any atom is -0.392 e. The molecule has 3 nitrogen and oxygen atoms in total. The highest BCUT2D eigenvalue weighted by Crippen LogP contribution is 2.32. The van der Waals surface area contributed by atoms with E-state index in [9.17, 15) is 9.90 Å². The lowest BCUT2D eigenvalue weighted by molar-refractivity contribution is 0.0924. The van der Waals surface area contributed by atoms with Crippen LogP contribution in [-0.4, -0.2) is 23.7 Å². The molecule has 1 amide bonds. The van der Waals surface area contributed by atoms with E-state index in [4.69, 9.17) is 23.2 Å². The molecule has 0 aliphatic carbocycles. The quantitative estimate of drug-likeness (QED) is 0.742. The Morgan fingerprint density at radius 3 is 2.78 bits per heavy atom. The standard InChI is InChI=1S/C17H17Cl2NO2S/c1-11(21)9-20-17(22)13-4-2-3-12(7-13)10-23-16-8-14(18)5-6-15(16)19/h2-8,11,21H,9-10H2,1H3,(H,20,22). The van der Waals surface area contributed by atoms with Gasteiger partial charge in [-0.05, 0) is 42.8 Å². The molecule has 0 aliphatic rings. The predicted molar refractivity (Wildman–Crippen MR) is 96.5 cm³/mol. The van der Waals surface area contributed by atoms with Crippen molar-refractivity contribution in [2.75, 3.05) is 6.54 Å². The van der Waals surface area contributed by atoms with Gasteiger partial charge in [-0.2, -0.15) is 0 Å². The van der Waals surface area contributed by atoms with Gasteiger partial charge in [0, 0.05) is 27.8 Å². The van der Waals surface area contributed by atoms with E-state index in [-0.39, 0.29) is 12.5 Å². The molecule has 0 aliphatic heterocycles. The summed E-state index contributed by atoms with van der Waals surface area (Å²) in [5, 5.41) is 13.2. The second-order valence-electron chi connectivity index (χ2n) is 5.12. The molecule has 2 N–H and O–H groups in total. The third kappa shape index (κ3) is 5.74. The molecule has 0 radical (unpaired) electrons. The number of hydrogen-bond acceptors (Lipinski definition) is 3. The smallest absolute Gasteiger partial charge is 0.251 e. The molecule has 6 heteroatoms. The third-order valence-electron chi connectivity index (χ3n) is 3.03. The van der Waals surface area contributed by atoms with E-state index in [0.717, 1.165) is 10.5 Å². The fraction of sp³-hybridized carbons (Fsp3) is 0.235. The maximum atomic E-state index is 12.0. The van der Waals surface area contributed by atoms with E-state index in [1.54, 1.807) is 36.9 Å². The zero-order chi connectivity index (χ0) is 16.8. The molecular formula is C17H17Cl2NO2S. The number of nitrogens with one attached hydrogen (secondary N) is 1. The van der Waals surface area contributed by atoms with E-state index in [0.29, 0.717) is 21.4 Å². The molecule has 0 aromatic heterocycles. The summed E-state index contributed by atoms with van der Waals surface area (Å²) in [6.45, 7) is 1.86. The molecule has 122 valence electrons. The first kappa shape index (κ1) is 18.1. The maximum Gasteiger partial charge on any atom is 0.251 e. The van der Waals surface area contributed by atoms with Crippen molar-refractivity contribution in [3.05, 3.63) is 63.6 Å². The van der Waals surface area contributed by atoms with Gasteiger partial charge >= 0.3 is 0 Å². The van der Waals surface area contributed by atoms with Crippen molar-refractivity contribution in [2.24, 2.45) is 0 Å².